The van der Waals surface area contributed by atoms with E-state index in [1.54, 1.807) is 45.6 Å². The fraction of sp³-hybridized carbons (Fsp3) is 0.133. The largest absolute Gasteiger partial charge is 0.496 e. The zero-order valence-electron chi connectivity index (χ0n) is 21.7. The van der Waals surface area contributed by atoms with Crippen LogP contribution in [0.4, 0.5) is 5.95 Å². The zero-order valence-corrected chi connectivity index (χ0v) is 21.7. The number of ether oxygens (including phenoxy) is 3. The zero-order chi connectivity index (χ0) is 27.2. The van der Waals surface area contributed by atoms with Crippen molar-refractivity contribution in [3.63, 3.8) is 0 Å². The molecule has 0 aliphatic rings. The third-order valence-corrected chi connectivity index (χ3v) is 6.06. The number of carbonyl (C=O) groups excluding carboxylic acids is 1. The number of anilines is 1. The average Bonchev–Trinajstić information content (AvgIpc) is 3.47. The maximum atomic E-state index is 13.0. The Hall–Kier alpha value is -5.18. The second kappa shape index (κ2) is 11.5. The van der Waals surface area contributed by atoms with E-state index in [9.17, 15) is 4.79 Å². The van der Waals surface area contributed by atoms with Gasteiger partial charge in [-0.05, 0) is 12.1 Å². The van der Waals surface area contributed by atoms with Crippen LogP contribution >= 0.6 is 0 Å². The fourth-order valence-electron chi connectivity index (χ4n) is 4.15. The quantitative estimate of drug-likeness (QED) is 0.264. The van der Waals surface area contributed by atoms with Crippen molar-refractivity contribution in [3.05, 3.63) is 102 Å². The summed E-state index contributed by atoms with van der Waals surface area (Å²) in [6, 6.07) is 26.1. The van der Waals surface area contributed by atoms with Crippen LogP contribution in [0.1, 0.15) is 21.9 Å². The second-order valence-corrected chi connectivity index (χ2v) is 8.47. The summed E-state index contributed by atoms with van der Waals surface area (Å²) in [5.41, 5.74) is 3.70. The normalized spacial score (nSPS) is 10.6. The Morgan fingerprint density at radius 2 is 1.38 bits per heavy atom. The molecule has 0 aliphatic heterocycles. The van der Waals surface area contributed by atoms with E-state index in [-0.39, 0.29) is 11.7 Å². The molecule has 39 heavy (non-hydrogen) atoms. The minimum atomic E-state index is -0.497. The summed E-state index contributed by atoms with van der Waals surface area (Å²) in [6.07, 6.45) is 0.339. The summed E-state index contributed by atoms with van der Waals surface area (Å²) in [4.78, 5) is 17.7. The first kappa shape index (κ1) is 25.5. The Kier molecular flexibility index (Phi) is 7.49. The van der Waals surface area contributed by atoms with E-state index >= 15 is 0 Å². The molecule has 9 heteroatoms. The molecule has 3 aromatic carbocycles. The number of amides is 1. The number of rotatable bonds is 9. The molecule has 0 radical (unpaired) electrons. The molecule has 5 aromatic rings. The molecule has 0 fully saturated rings. The van der Waals surface area contributed by atoms with Crippen LogP contribution in [0.25, 0.3) is 22.5 Å². The van der Waals surface area contributed by atoms with Crippen molar-refractivity contribution in [1.82, 2.24) is 15.2 Å². The van der Waals surface area contributed by atoms with E-state index in [0.29, 0.717) is 40.8 Å². The molecule has 1 N–H and O–H groups in total. The van der Waals surface area contributed by atoms with Crippen molar-refractivity contribution in [1.29, 1.82) is 0 Å². The van der Waals surface area contributed by atoms with Crippen LogP contribution in [-0.4, -0.2) is 42.4 Å². The van der Waals surface area contributed by atoms with E-state index in [2.05, 4.69) is 20.5 Å². The lowest BCUT2D eigenvalue weighted by Gasteiger charge is -2.14. The predicted molar refractivity (Wildman–Crippen MR) is 146 cm³/mol. The minimum Gasteiger partial charge on any atom is -0.496 e. The third kappa shape index (κ3) is 5.57. The Labute approximate surface area is 225 Å². The van der Waals surface area contributed by atoms with Crippen molar-refractivity contribution < 1.29 is 23.4 Å². The Balaban J connectivity index is 1.39. The monoisotopic (exact) mass is 522 g/mol. The lowest BCUT2D eigenvalue weighted by molar-refractivity contribution is 0.0994. The van der Waals surface area contributed by atoms with E-state index in [4.69, 9.17) is 18.6 Å². The van der Waals surface area contributed by atoms with E-state index in [0.717, 1.165) is 16.7 Å². The number of carbonyl (C=O) groups is 1. The lowest BCUT2D eigenvalue weighted by atomic mass is 10.0. The molecule has 2 aromatic heterocycles. The van der Waals surface area contributed by atoms with Gasteiger partial charge in [0, 0.05) is 35.2 Å². The number of nitrogens with one attached hydrogen (secondary N) is 1. The van der Waals surface area contributed by atoms with Crippen LogP contribution in [0.2, 0.25) is 0 Å². The molecule has 0 spiro atoms. The van der Waals surface area contributed by atoms with Gasteiger partial charge < -0.3 is 18.6 Å². The highest BCUT2D eigenvalue weighted by Gasteiger charge is 2.19. The number of aromatic nitrogens is 3. The van der Waals surface area contributed by atoms with Gasteiger partial charge in [0.2, 0.25) is 5.95 Å². The number of hydrogen-bond donors (Lipinski definition) is 1. The molecule has 9 nitrogen and oxygen atoms in total. The van der Waals surface area contributed by atoms with Gasteiger partial charge in [-0.25, -0.2) is 4.98 Å². The topological polar surface area (TPSA) is 109 Å². The van der Waals surface area contributed by atoms with Crippen molar-refractivity contribution in [2.75, 3.05) is 26.6 Å². The number of nitrogens with zero attached hydrogens (tertiary/aromatic N) is 3. The number of hydrogen-bond acceptors (Lipinski definition) is 8. The van der Waals surface area contributed by atoms with Crippen LogP contribution in [0, 0.1) is 0 Å². The first-order valence-electron chi connectivity index (χ1n) is 12.1. The Morgan fingerprint density at radius 1 is 0.769 bits per heavy atom. The highest BCUT2D eigenvalue weighted by Crippen LogP contribution is 2.36. The summed E-state index contributed by atoms with van der Waals surface area (Å²) >= 11 is 0. The molecule has 196 valence electrons. The smallest absolute Gasteiger partial charge is 0.293 e. The maximum absolute atomic E-state index is 13.0. The molecule has 0 atom stereocenters. The first-order valence-corrected chi connectivity index (χ1v) is 12.1. The van der Waals surface area contributed by atoms with Gasteiger partial charge in [0.25, 0.3) is 5.91 Å². The molecule has 0 bridgehead atoms. The molecule has 0 aliphatic carbocycles. The van der Waals surface area contributed by atoms with Crippen LogP contribution in [-0.2, 0) is 6.42 Å². The Bertz CT molecular complexity index is 1560. The van der Waals surface area contributed by atoms with Gasteiger partial charge in [0.15, 0.2) is 5.76 Å². The summed E-state index contributed by atoms with van der Waals surface area (Å²) in [6.45, 7) is 0. The van der Waals surface area contributed by atoms with E-state index in [1.165, 1.54) is 0 Å². The average molecular weight is 523 g/mol. The Morgan fingerprint density at radius 3 is 1.97 bits per heavy atom. The number of benzene rings is 3. The summed E-state index contributed by atoms with van der Waals surface area (Å²) in [5.74, 6) is 1.99. The van der Waals surface area contributed by atoms with Crippen LogP contribution in [0.3, 0.4) is 0 Å². The predicted octanol–water partition coefficient (Wildman–Crippen LogP) is 5.67. The highest BCUT2D eigenvalue weighted by atomic mass is 16.5. The van der Waals surface area contributed by atoms with Crippen molar-refractivity contribution in [2.24, 2.45) is 0 Å². The van der Waals surface area contributed by atoms with Crippen LogP contribution in [0.5, 0.6) is 17.2 Å². The van der Waals surface area contributed by atoms with E-state index < -0.39 is 5.91 Å². The van der Waals surface area contributed by atoms with Gasteiger partial charge in [0.05, 0.1) is 21.3 Å². The van der Waals surface area contributed by atoms with Crippen LogP contribution in [0.15, 0.2) is 89.3 Å². The van der Waals surface area contributed by atoms with E-state index in [1.807, 2.05) is 60.7 Å². The van der Waals surface area contributed by atoms with Crippen LogP contribution < -0.4 is 19.5 Å². The third-order valence-electron chi connectivity index (χ3n) is 6.06. The van der Waals surface area contributed by atoms with Gasteiger partial charge >= 0.3 is 0 Å². The molecular weight excluding hydrogens is 496 g/mol. The van der Waals surface area contributed by atoms with Gasteiger partial charge in [-0.2, -0.15) is 0 Å². The minimum absolute atomic E-state index is 0.0648. The summed E-state index contributed by atoms with van der Waals surface area (Å²) in [5, 5.41) is 11.3. The van der Waals surface area contributed by atoms with Gasteiger partial charge in [-0.1, -0.05) is 60.7 Å². The first-order chi connectivity index (χ1) is 19.1. The van der Waals surface area contributed by atoms with Gasteiger partial charge in [0.1, 0.15) is 34.4 Å². The molecular formula is C30H26N4O5. The molecule has 2 heterocycles. The van der Waals surface area contributed by atoms with Gasteiger partial charge in [-0.15, -0.1) is 10.2 Å². The standard InChI is InChI=1S/C30H26N4O5/c1-36-22-17-25(37-2)23(26(18-22)38-3)16-21-14-15-24(39-21)29(35)32-30-31-27(19-10-6-4-7-11-19)28(33-34-30)20-12-8-5-9-13-20/h4-15,17-18H,16H2,1-3H3,(H,31,32,34,35). The molecule has 0 saturated heterocycles. The fourth-order valence-corrected chi connectivity index (χ4v) is 4.15. The maximum Gasteiger partial charge on any atom is 0.293 e. The molecule has 5 rings (SSSR count). The van der Waals surface area contributed by atoms with Gasteiger partial charge in [-0.3, -0.25) is 10.1 Å². The summed E-state index contributed by atoms with van der Waals surface area (Å²) in [7, 11) is 4.71. The molecule has 0 unspecified atom stereocenters. The van der Waals surface area contributed by atoms with Crippen molar-refractivity contribution >= 4 is 11.9 Å². The van der Waals surface area contributed by atoms with Crippen molar-refractivity contribution in [2.45, 2.75) is 6.42 Å². The van der Waals surface area contributed by atoms with Crippen molar-refractivity contribution in [3.8, 4) is 39.8 Å². The molecule has 0 saturated carbocycles. The molecule has 1 amide bonds. The number of furan rings is 1. The summed E-state index contributed by atoms with van der Waals surface area (Å²) < 4.78 is 22.2. The lowest BCUT2D eigenvalue weighted by Crippen LogP contribution is -2.15. The SMILES string of the molecule is COc1cc(OC)c(Cc2ccc(C(=O)Nc3nnc(-c4ccccc4)c(-c4ccccc4)n3)o2)c(OC)c1. The second-order valence-electron chi connectivity index (χ2n) is 8.47. The number of methoxy groups -OCH3 is 3. The highest BCUT2D eigenvalue weighted by molar-refractivity contribution is 6.01.